The third-order valence-electron chi connectivity index (χ3n) is 6.79. The molecule has 0 radical (unpaired) electrons. The van der Waals surface area contributed by atoms with Crippen molar-refractivity contribution < 1.29 is 14.6 Å². The number of carbonyl (C=O) groups excluding carboxylic acids is 1. The Morgan fingerprint density at radius 3 is 2.58 bits per heavy atom. The van der Waals surface area contributed by atoms with Gasteiger partial charge in [-0.2, -0.15) is 5.10 Å². The average molecular weight is 503 g/mol. The Morgan fingerprint density at radius 2 is 1.79 bits per heavy atom. The third-order valence-corrected chi connectivity index (χ3v) is 6.79. The number of H-pyrrole nitrogens is 1. The first-order chi connectivity index (χ1) is 18.5. The number of aromatic hydroxyl groups is 1. The van der Waals surface area contributed by atoms with Crippen molar-refractivity contribution in [2.75, 3.05) is 0 Å². The highest BCUT2D eigenvalue weighted by atomic mass is 16.5. The molecule has 0 saturated heterocycles. The Balaban J connectivity index is 1.49. The van der Waals surface area contributed by atoms with Crippen LogP contribution in [-0.4, -0.2) is 31.1 Å². The first-order valence-electron chi connectivity index (χ1n) is 12.4. The number of aromatic amines is 1. The summed E-state index contributed by atoms with van der Waals surface area (Å²) in [4.78, 5) is 19.8. The van der Waals surface area contributed by atoms with Gasteiger partial charge in [0, 0.05) is 30.1 Å². The third kappa shape index (κ3) is 4.18. The molecule has 1 aliphatic rings. The topological polar surface area (TPSA) is 91.3 Å². The Bertz CT molecular complexity index is 1630. The van der Waals surface area contributed by atoms with Crippen LogP contribution in [0.1, 0.15) is 44.3 Å². The number of benzene rings is 3. The van der Waals surface area contributed by atoms with E-state index < -0.39 is 6.04 Å². The Morgan fingerprint density at radius 1 is 0.974 bits per heavy atom. The van der Waals surface area contributed by atoms with Crippen molar-refractivity contribution in [1.82, 2.24) is 20.1 Å². The van der Waals surface area contributed by atoms with E-state index in [-0.39, 0.29) is 11.7 Å². The van der Waals surface area contributed by atoms with Gasteiger partial charge in [0.1, 0.15) is 28.6 Å². The molecule has 7 heteroatoms. The van der Waals surface area contributed by atoms with Crippen molar-refractivity contribution >= 4 is 5.91 Å². The van der Waals surface area contributed by atoms with Crippen LogP contribution in [0.5, 0.6) is 17.2 Å². The quantitative estimate of drug-likeness (QED) is 0.283. The molecular formula is C31H26N4O3. The van der Waals surface area contributed by atoms with Gasteiger partial charge in [0.2, 0.25) is 0 Å². The number of nitrogens with zero attached hydrogens (tertiary/aromatic N) is 3. The summed E-state index contributed by atoms with van der Waals surface area (Å²) in [6.07, 6.45) is 3.48. The SMILES string of the molecule is Cc1cc(C)c(O)c(-c2n[nH]c3c2[C@@H](c2cccc(Oc4ccccc4)c2)N(Cc2cccnc2)C3=O)c1. The Labute approximate surface area is 220 Å². The van der Waals surface area contributed by atoms with Gasteiger partial charge < -0.3 is 14.7 Å². The van der Waals surface area contributed by atoms with E-state index in [1.165, 1.54) is 0 Å². The summed E-state index contributed by atoms with van der Waals surface area (Å²) in [5, 5.41) is 18.5. The van der Waals surface area contributed by atoms with E-state index >= 15 is 0 Å². The summed E-state index contributed by atoms with van der Waals surface area (Å²) in [7, 11) is 0. The van der Waals surface area contributed by atoms with Crippen LogP contribution in [0.4, 0.5) is 0 Å². The minimum Gasteiger partial charge on any atom is -0.507 e. The molecule has 7 nitrogen and oxygen atoms in total. The molecule has 5 aromatic rings. The number of amides is 1. The normalized spacial score (nSPS) is 14.5. The summed E-state index contributed by atoms with van der Waals surface area (Å²) in [6.45, 7) is 4.20. The number of fused-ring (bicyclic) bond motifs is 1. The number of para-hydroxylation sites is 1. The first-order valence-corrected chi connectivity index (χ1v) is 12.4. The molecule has 1 amide bonds. The molecule has 0 spiro atoms. The minimum atomic E-state index is -0.453. The minimum absolute atomic E-state index is 0.156. The van der Waals surface area contributed by atoms with Crippen LogP contribution in [-0.2, 0) is 6.54 Å². The molecule has 0 aliphatic carbocycles. The van der Waals surface area contributed by atoms with Crippen LogP contribution in [0, 0.1) is 13.8 Å². The summed E-state index contributed by atoms with van der Waals surface area (Å²) in [5.41, 5.74) is 5.85. The lowest BCUT2D eigenvalue weighted by molar-refractivity contribution is 0.0729. The molecule has 1 atom stereocenters. The van der Waals surface area contributed by atoms with Crippen LogP contribution in [0.3, 0.4) is 0 Å². The molecule has 0 saturated carbocycles. The van der Waals surface area contributed by atoms with Crippen molar-refractivity contribution in [1.29, 1.82) is 0 Å². The van der Waals surface area contributed by atoms with Crippen LogP contribution >= 0.6 is 0 Å². The van der Waals surface area contributed by atoms with Gasteiger partial charge in [-0.05, 0) is 72.5 Å². The van der Waals surface area contributed by atoms with Crippen molar-refractivity contribution in [2.24, 2.45) is 0 Å². The second-order valence-corrected chi connectivity index (χ2v) is 9.52. The smallest absolute Gasteiger partial charge is 0.273 e. The molecule has 2 aromatic heterocycles. The molecule has 6 rings (SSSR count). The van der Waals surface area contributed by atoms with E-state index in [1.54, 1.807) is 12.4 Å². The summed E-state index contributed by atoms with van der Waals surface area (Å²) >= 11 is 0. The van der Waals surface area contributed by atoms with E-state index in [1.807, 2.05) is 97.6 Å². The highest BCUT2D eigenvalue weighted by Crippen LogP contribution is 2.46. The lowest BCUT2D eigenvalue weighted by Gasteiger charge is -2.27. The fourth-order valence-corrected chi connectivity index (χ4v) is 5.11. The van der Waals surface area contributed by atoms with E-state index in [0.717, 1.165) is 33.6 Å². The first kappa shape index (κ1) is 23.5. The molecule has 38 heavy (non-hydrogen) atoms. The highest BCUT2D eigenvalue weighted by molar-refractivity contribution is 6.00. The van der Waals surface area contributed by atoms with Gasteiger partial charge in [-0.3, -0.25) is 14.9 Å². The van der Waals surface area contributed by atoms with E-state index in [4.69, 9.17) is 4.74 Å². The maximum atomic E-state index is 13.8. The van der Waals surface area contributed by atoms with Gasteiger partial charge >= 0.3 is 0 Å². The van der Waals surface area contributed by atoms with E-state index in [9.17, 15) is 9.90 Å². The van der Waals surface area contributed by atoms with Crippen molar-refractivity contribution in [2.45, 2.75) is 26.4 Å². The molecular weight excluding hydrogens is 476 g/mol. The fraction of sp³-hybridized carbons (Fsp3) is 0.129. The number of aryl methyl sites for hydroxylation is 2. The number of phenolic OH excluding ortho intramolecular Hbond substituents is 1. The zero-order valence-electron chi connectivity index (χ0n) is 21.1. The molecule has 3 aromatic carbocycles. The van der Waals surface area contributed by atoms with Gasteiger partial charge in [0.25, 0.3) is 5.91 Å². The number of hydrogen-bond acceptors (Lipinski definition) is 5. The Hall–Kier alpha value is -4.91. The van der Waals surface area contributed by atoms with E-state index in [2.05, 4.69) is 15.2 Å². The second-order valence-electron chi connectivity index (χ2n) is 9.52. The summed E-state index contributed by atoms with van der Waals surface area (Å²) < 4.78 is 6.12. The Kier molecular flexibility index (Phi) is 5.88. The summed E-state index contributed by atoms with van der Waals surface area (Å²) in [5.74, 6) is 1.38. The highest BCUT2D eigenvalue weighted by Gasteiger charge is 2.42. The maximum absolute atomic E-state index is 13.8. The number of ether oxygens (including phenoxy) is 1. The molecule has 0 bridgehead atoms. The summed E-state index contributed by atoms with van der Waals surface area (Å²) in [6, 6.07) is 24.5. The number of hydrogen-bond donors (Lipinski definition) is 2. The van der Waals surface area contributed by atoms with Crippen LogP contribution in [0.15, 0.2) is 91.3 Å². The van der Waals surface area contributed by atoms with Crippen molar-refractivity contribution in [3.63, 3.8) is 0 Å². The number of rotatable bonds is 6. The number of pyridine rings is 1. The van der Waals surface area contributed by atoms with Crippen molar-refractivity contribution in [3.8, 4) is 28.5 Å². The average Bonchev–Trinajstić information content (AvgIpc) is 3.46. The second kappa shape index (κ2) is 9.52. The molecule has 2 N–H and O–H groups in total. The fourth-order valence-electron chi connectivity index (χ4n) is 5.11. The number of carbonyl (C=O) groups is 1. The van der Waals surface area contributed by atoms with Gasteiger partial charge in [0.05, 0.1) is 6.04 Å². The molecule has 0 unspecified atom stereocenters. The number of nitrogens with one attached hydrogen (secondary N) is 1. The van der Waals surface area contributed by atoms with E-state index in [0.29, 0.717) is 29.2 Å². The zero-order chi connectivity index (χ0) is 26.2. The monoisotopic (exact) mass is 502 g/mol. The zero-order valence-corrected chi connectivity index (χ0v) is 21.1. The number of aromatic nitrogens is 3. The van der Waals surface area contributed by atoms with Crippen LogP contribution in [0.2, 0.25) is 0 Å². The molecule has 3 heterocycles. The largest absolute Gasteiger partial charge is 0.507 e. The van der Waals surface area contributed by atoms with Gasteiger partial charge in [-0.1, -0.05) is 42.5 Å². The van der Waals surface area contributed by atoms with Crippen molar-refractivity contribution in [3.05, 3.63) is 125 Å². The predicted molar refractivity (Wildman–Crippen MR) is 144 cm³/mol. The van der Waals surface area contributed by atoms with Crippen LogP contribution in [0.25, 0.3) is 11.3 Å². The molecule has 188 valence electrons. The predicted octanol–water partition coefficient (Wildman–Crippen LogP) is 6.33. The molecule has 0 fully saturated rings. The van der Waals surface area contributed by atoms with Gasteiger partial charge in [-0.25, -0.2) is 0 Å². The lowest BCUT2D eigenvalue weighted by atomic mass is 9.94. The van der Waals surface area contributed by atoms with Gasteiger partial charge in [0.15, 0.2) is 0 Å². The lowest BCUT2D eigenvalue weighted by Crippen LogP contribution is -2.29. The maximum Gasteiger partial charge on any atom is 0.273 e. The number of phenols is 1. The van der Waals surface area contributed by atoms with Crippen LogP contribution < -0.4 is 4.74 Å². The standard InChI is InChI=1S/C31H26N4O3/c1-19-14-20(2)30(36)25(15-19)27-26-28(34-33-27)31(37)35(18-21-8-7-13-32-17-21)29(26)22-9-6-12-24(16-22)38-23-10-4-3-5-11-23/h3-17,29,36H,18H2,1-2H3,(H,33,34)/t29-/m1/s1. The molecule has 1 aliphatic heterocycles. The van der Waals surface area contributed by atoms with Gasteiger partial charge in [-0.15, -0.1) is 0 Å².